The Labute approximate surface area is 135 Å². The average molecular weight is 315 g/mol. The van der Waals surface area contributed by atoms with Gasteiger partial charge in [-0.15, -0.1) is 0 Å². The molecule has 1 fully saturated rings. The first-order valence-electron chi connectivity index (χ1n) is 7.89. The maximum atomic E-state index is 12.4. The van der Waals surface area contributed by atoms with Crippen LogP contribution in [0.3, 0.4) is 0 Å². The predicted molar refractivity (Wildman–Crippen MR) is 83.7 cm³/mol. The summed E-state index contributed by atoms with van der Waals surface area (Å²) >= 11 is 0. The van der Waals surface area contributed by atoms with Gasteiger partial charge in [0.2, 0.25) is 5.89 Å². The molecule has 1 atom stereocenters. The van der Waals surface area contributed by atoms with Gasteiger partial charge >= 0.3 is 0 Å². The number of rotatable bonds is 4. The number of likely N-dealkylation sites (tertiary alicyclic amines) is 1. The predicted octanol–water partition coefficient (Wildman–Crippen LogP) is 1.73. The van der Waals surface area contributed by atoms with Crippen molar-refractivity contribution in [3.05, 3.63) is 41.8 Å². The molecule has 0 spiro atoms. The summed E-state index contributed by atoms with van der Waals surface area (Å²) in [6, 6.07) is 3.95. The highest BCUT2D eigenvalue weighted by Gasteiger charge is 2.25. The van der Waals surface area contributed by atoms with Gasteiger partial charge in [-0.3, -0.25) is 9.78 Å². The Kier molecular flexibility index (Phi) is 4.66. The van der Waals surface area contributed by atoms with Crippen molar-refractivity contribution in [2.24, 2.45) is 0 Å². The van der Waals surface area contributed by atoms with Crippen molar-refractivity contribution < 1.29 is 9.32 Å². The van der Waals surface area contributed by atoms with Gasteiger partial charge in [0.1, 0.15) is 0 Å². The zero-order valence-electron chi connectivity index (χ0n) is 13.4. The maximum absolute atomic E-state index is 12.4. The van der Waals surface area contributed by atoms with Crippen molar-refractivity contribution in [3.63, 3.8) is 0 Å². The normalized spacial score (nSPS) is 17.2. The quantitative estimate of drug-likeness (QED) is 0.925. The standard InChI is InChI=1S/C16H21N5O2/c1-11(15-19-12(2)20-23-15)18-14-5-8-21(9-6-14)16(22)13-4-3-7-17-10-13/h3-4,7,10-11,14,18H,5-6,8-9H2,1-2H3. The van der Waals surface area contributed by atoms with Gasteiger partial charge in [0.05, 0.1) is 11.6 Å². The second-order valence-corrected chi connectivity index (χ2v) is 5.88. The van der Waals surface area contributed by atoms with Gasteiger partial charge < -0.3 is 14.7 Å². The Morgan fingerprint density at radius 2 is 2.22 bits per heavy atom. The molecule has 1 unspecified atom stereocenters. The summed E-state index contributed by atoms with van der Waals surface area (Å²) in [5.41, 5.74) is 0.647. The minimum atomic E-state index is 0.0155. The fourth-order valence-corrected chi connectivity index (χ4v) is 2.83. The Bertz CT molecular complexity index is 650. The molecule has 3 heterocycles. The molecular weight excluding hydrogens is 294 g/mol. The van der Waals surface area contributed by atoms with E-state index in [0.717, 1.165) is 25.9 Å². The van der Waals surface area contributed by atoms with Crippen LogP contribution >= 0.6 is 0 Å². The molecule has 0 saturated carbocycles. The van der Waals surface area contributed by atoms with Crippen molar-refractivity contribution >= 4 is 5.91 Å². The first kappa shape index (κ1) is 15.6. The molecule has 0 aliphatic carbocycles. The van der Waals surface area contributed by atoms with Crippen molar-refractivity contribution in [3.8, 4) is 0 Å². The van der Waals surface area contributed by atoms with Gasteiger partial charge in [0, 0.05) is 31.5 Å². The molecule has 3 rings (SSSR count). The lowest BCUT2D eigenvalue weighted by molar-refractivity contribution is 0.0700. The molecule has 23 heavy (non-hydrogen) atoms. The van der Waals surface area contributed by atoms with Gasteiger partial charge in [-0.25, -0.2) is 0 Å². The van der Waals surface area contributed by atoms with E-state index in [0.29, 0.717) is 23.3 Å². The van der Waals surface area contributed by atoms with Crippen LogP contribution in [-0.4, -0.2) is 45.1 Å². The number of carbonyl (C=O) groups excluding carboxylic acids is 1. The molecule has 2 aromatic rings. The number of nitrogens with one attached hydrogen (secondary N) is 1. The summed E-state index contributed by atoms with van der Waals surface area (Å²) in [6.07, 6.45) is 5.10. The van der Waals surface area contributed by atoms with Crippen LogP contribution in [0.15, 0.2) is 29.0 Å². The van der Waals surface area contributed by atoms with Crippen molar-refractivity contribution in [2.75, 3.05) is 13.1 Å². The van der Waals surface area contributed by atoms with E-state index in [1.807, 2.05) is 18.7 Å². The number of nitrogens with zero attached hydrogens (tertiary/aromatic N) is 4. The second-order valence-electron chi connectivity index (χ2n) is 5.88. The minimum absolute atomic E-state index is 0.0155. The molecule has 0 bridgehead atoms. The van der Waals surface area contributed by atoms with Crippen molar-refractivity contribution in [1.82, 2.24) is 25.3 Å². The number of hydrogen-bond acceptors (Lipinski definition) is 6. The van der Waals surface area contributed by atoms with Crippen LogP contribution in [-0.2, 0) is 0 Å². The van der Waals surface area contributed by atoms with Crippen LogP contribution in [0, 0.1) is 6.92 Å². The smallest absolute Gasteiger partial charge is 0.255 e. The van der Waals surface area contributed by atoms with E-state index in [2.05, 4.69) is 20.4 Å². The molecule has 0 radical (unpaired) electrons. The monoisotopic (exact) mass is 315 g/mol. The SMILES string of the molecule is Cc1noc(C(C)NC2CCN(C(=O)c3cccnc3)CC2)n1. The first-order valence-corrected chi connectivity index (χ1v) is 7.89. The molecule has 1 aliphatic rings. The second kappa shape index (κ2) is 6.87. The lowest BCUT2D eigenvalue weighted by Gasteiger charge is -2.33. The molecule has 122 valence electrons. The highest BCUT2D eigenvalue weighted by molar-refractivity contribution is 5.93. The molecule has 7 heteroatoms. The van der Waals surface area contributed by atoms with Crippen LogP contribution < -0.4 is 5.32 Å². The number of hydrogen-bond donors (Lipinski definition) is 1. The number of amides is 1. The molecular formula is C16H21N5O2. The highest BCUT2D eigenvalue weighted by Crippen LogP contribution is 2.17. The third-order valence-electron chi connectivity index (χ3n) is 4.09. The van der Waals surface area contributed by atoms with E-state index in [-0.39, 0.29) is 11.9 Å². The number of carbonyl (C=O) groups is 1. The summed E-state index contributed by atoms with van der Waals surface area (Å²) in [4.78, 5) is 22.5. The molecule has 2 aromatic heterocycles. The number of pyridine rings is 1. The maximum Gasteiger partial charge on any atom is 0.255 e. The van der Waals surface area contributed by atoms with E-state index in [1.165, 1.54) is 0 Å². The van der Waals surface area contributed by atoms with Crippen LogP contribution in [0.25, 0.3) is 0 Å². The highest BCUT2D eigenvalue weighted by atomic mass is 16.5. The lowest BCUT2D eigenvalue weighted by Crippen LogP contribution is -2.45. The first-order chi connectivity index (χ1) is 11.1. The third-order valence-corrected chi connectivity index (χ3v) is 4.09. The van der Waals surface area contributed by atoms with E-state index >= 15 is 0 Å². The average Bonchev–Trinajstić information content (AvgIpc) is 3.02. The van der Waals surface area contributed by atoms with Crippen LogP contribution in [0.4, 0.5) is 0 Å². The number of aromatic nitrogens is 3. The fraction of sp³-hybridized carbons (Fsp3) is 0.500. The Balaban J connectivity index is 1.51. The van der Waals surface area contributed by atoms with Crippen LogP contribution in [0.1, 0.15) is 47.9 Å². The van der Waals surface area contributed by atoms with Gasteiger partial charge in [0.15, 0.2) is 5.82 Å². The summed E-state index contributed by atoms with van der Waals surface area (Å²) in [7, 11) is 0. The zero-order valence-corrected chi connectivity index (χ0v) is 13.4. The minimum Gasteiger partial charge on any atom is -0.338 e. The summed E-state index contributed by atoms with van der Waals surface area (Å²) in [5.74, 6) is 1.30. The van der Waals surface area contributed by atoms with Crippen LogP contribution in [0.5, 0.6) is 0 Å². The lowest BCUT2D eigenvalue weighted by atomic mass is 10.0. The molecule has 1 aliphatic heterocycles. The van der Waals surface area contributed by atoms with E-state index < -0.39 is 0 Å². The Morgan fingerprint density at radius 3 is 2.83 bits per heavy atom. The van der Waals surface area contributed by atoms with Gasteiger partial charge in [-0.1, -0.05) is 5.16 Å². The van der Waals surface area contributed by atoms with Crippen molar-refractivity contribution in [1.29, 1.82) is 0 Å². The molecule has 7 nitrogen and oxygen atoms in total. The van der Waals surface area contributed by atoms with E-state index in [9.17, 15) is 4.79 Å². The number of piperidine rings is 1. The van der Waals surface area contributed by atoms with Gasteiger partial charge in [-0.2, -0.15) is 4.98 Å². The van der Waals surface area contributed by atoms with Crippen molar-refractivity contribution in [2.45, 2.75) is 38.8 Å². The molecule has 0 aromatic carbocycles. The summed E-state index contributed by atoms with van der Waals surface area (Å²) < 4.78 is 5.19. The third kappa shape index (κ3) is 3.73. The Morgan fingerprint density at radius 1 is 1.43 bits per heavy atom. The van der Waals surface area contributed by atoms with E-state index in [4.69, 9.17) is 4.52 Å². The Hall–Kier alpha value is -2.28. The number of aryl methyl sites for hydroxylation is 1. The molecule has 1 N–H and O–H groups in total. The summed E-state index contributed by atoms with van der Waals surface area (Å²) in [6.45, 7) is 5.30. The topological polar surface area (TPSA) is 84.2 Å². The van der Waals surface area contributed by atoms with Gasteiger partial charge in [-0.05, 0) is 38.8 Å². The van der Waals surface area contributed by atoms with Crippen LogP contribution in [0.2, 0.25) is 0 Å². The summed E-state index contributed by atoms with van der Waals surface area (Å²) in [5, 5.41) is 7.32. The largest absolute Gasteiger partial charge is 0.338 e. The zero-order chi connectivity index (χ0) is 16.2. The molecule has 1 amide bonds. The van der Waals surface area contributed by atoms with Gasteiger partial charge in [0.25, 0.3) is 5.91 Å². The van der Waals surface area contributed by atoms with E-state index in [1.54, 1.807) is 24.5 Å². The molecule has 1 saturated heterocycles. The fourth-order valence-electron chi connectivity index (χ4n) is 2.83.